The monoisotopic (exact) mass is 559 g/mol. The van der Waals surface area contributed by atoms with Crippen molar-refractivity contribution >= 4 is 17.5 Å². The molecular weight excluding hydrogens is 526 g/mol. The first-order valence-electron chi connectivity index (χ1n) is 13.2. The minimum absolute atomic E-state index is 0.0442. The van der Waals surface area contributed by atoms with E-state index in [1.54, 1.807) is 48.5 Å². The second kappa shape index (κ2) is 14.3. The summed E-state index contributed by atoms with van der Waals surface area (Å²) in [5, 5.41) is 15.8. The Hall–Kier alpha value is -4.41. The van der Waals surface area contributed by atoms with Crippen molar-refractivity contribution in [3.63, 3.8) is 0 Å². The van der Waals surface area contributed by atoms with Crippen LogP contribution in [0.15, 0.2) is 89.0 Å². The van der Waals surface area contributed by atoms with E-state index in [4.69, 9.17) is 29.0 Å². The van der Waals surface area contributed by atoms with Gasteiger partial charge in [-0.25, -0.2) is 4.99 Å². The van der Waals surface area contributed by atoms with Gasteiger partial charge in [-0.05, 0) is 35.4 Å². The molecule has 0 unspecified atom stereocenters. The minimum Gasteiger partial charge on any atom is -0.494 e. The van der Waals surface area contributed by atoms with Gasteiger partial charge in [-0.1, -0.05) is 59.7 Å². The molecule has 0 radical (unpaired) electrons. The molecule has 214 valence electrons. The maximum Gasteiger partial charge on any atom is 0.252 e. The van der Waals surface area contributed by atoms with Gasteiger partial charge in [0.2, 0.25) is 5.90 Å². The highest BCUT2D eigenvalue weighted by Gasteiger charge is 2.53. The molecule has 1 heterocycles. The lowest BCUT2D eigenvalue weighted by Crippen LogP contribution is -2.51. The number of hydrogen-bond acceptors (Lipinski definition) is 8. The number of carbonyl (C=O) groups is 1. The van der Waals surface area contributed by atoms with Crippen LogP contribution in [0.4, 0.5) is 5.69 Å². The maximum absolute atomic E-state index is 14.2. The number of aliphatic hydroxyl groups is 1. The van der Waals surface area contributed by atoms with E-state index in [1.807, 2.05) is 30.3 Å². The van der Waals surface area contributed by atoms with Crippen molar-refractivity contribution < 1.29 is 28.8 Å². The molecule has 1 aliphatic heterocycles. The van der Waals surface area contributed by atoms with Gasteiger partial charge in [0.1, 0.15) is 5.75 Å². The molecule has 0 saturated carbocycles. The highest BCUT2D eigenvalue weighted by Crippen LogP contribution is 2.45. The Morgan fingerprint density at radius 2 is 1.80 bits per heavy atom. The second-order valence-corrected chi connectivity index (χ2v) is 9.31. The molecule has 0 spiro atoms. The fourth-order valence-corrected chi connectivity index (χ4v) is 4.61. The third kappa shape index (κ3) is 7.03. The number of benzene rings is 3. The van der Waals surface area contributed by atoms with Gasteiger partial charge < -0.3 is 29.4 Å². The molecule has 0 saturated heterocycles. The normalized spacial score (nSPS) is 17.9. The summed E-state index contributed by atoms with van der Waals surface area (Å²) in [4.78, 5) is 22.1. The SMILES string of the molecule is COC(CNC(=O)[C@]1(Cc2ccccc2)N=C(c2ccc(OCCCO)cc2)O[C@@H]1c1ccccc1N=[N+]=[N-])OC. The lowest BCUT2D eigenvalue weighted by molar-refractivity contribution is -0.134. The van der Waals surface area contributed by atoms with Gasteiger partial charge in [-0.15, -0.1) is 0 Å². The number of aliphatic hydroxyl groups excluding tert-OH is 1. The van der Waals surface area contributed by atoms with Gasteiger partial charge in [0.25, 0.3) is 5.91 Å². The molecule has 11 heteroatoms. The summed E-state index contributed by atoms with van der Waals surface area (Å²) < 4.78 is 22.7. The first-order chi connectivity index (χ1) is 20.0. The highest BCUT2D eigenvalue weighted by molar-refractivity contribution is 6.01. The molecule has 11 nitrogen and oxygen atoms in total. The van der Waals surface area contributed by atoms with Crippen LogP contribution < -0.4 is 10.1 Å². The second-order valence-electron chi connectivity index (χ2n) is 9.31. The molecule has 0 aromatic heterocycles. The van der Waals surface area contributed by atoms with Crippen molar-refractivity contribution in [3.05, 3.63) is 106 Å². The first-order valence-corrected chi connectivity index (χ1v) is 13.2. The van der Waals surface area contributed by atoms with Crippen molar-refractivity contribution in [2.75, 3.05) is 34.0 Å². The van der Waals surface area contributed by atoms with E-state index in [-0.39, 0.29) is 25.5 Å². The van der Waals surface area contributed by atoms with Gasteiger partial charge in [-0.2, -0.15) is 0 Å². The molecule has 0 bridgehead atoms. The number of carbonyl (C=O) groups excluding carboxylic acids is 1. The molecule has 41 heavy (non-hydrogen) atoms. The van der Waals surface area contributed by atoms with E-state index in [1.165, 1.54) is 14.2 Å². The van der Waals surface area contributed by atoms with Gasteiger partial charge in [0, 0.05) is 55.4 Å². The lowest BCUT2D eigenvalue weighted by Gasteiger charge is -2.32. The van der Waals surface area contributed by atoms with E-state index in [2.05, 4.69) is 15.3 Å². The largest absolute Gasteiger partial charge is 0.494 e. The van der Waals surface area contributed by atoms with Crippen molar-refractivity contribution in [2.24, 2.45) is 10.1 Å². The van der Waals surface area contributed by atoms with Crippen LogP contribution in [0, 0.1) is 0 Å². The van der Waals surface area contributed by atoms with Crippen LogP contribution in [0.1, 0.15) is 29.2 Å². The number of aliphatic imine (C=N–C) groups is 1. The van der Waals surface area contributed by atoms with Crippen LogP contribution in [0.25, 0.3) is 10.4 Å². The van der Waals surface area contributed by atoms with Gasteiger partial charge >= 0.3 is 0 Å². The number of ether oxygens (including phenoxy) is 4. The number of rotatable bonds is 14. The van der Waals surface area contributed by atoms with Crippen LogP contribution >= 0.6 is 0 Å². The van der Waals surface area contributed by atoms with Crippen LogP contribution in [-0.4, -0.2) is 62.7 Å². The van der Waals surface area contributed by atoms with Crippen LogP contribution in [0.3, 0.4) is 0 Å². The summed E-state index contributed by atoms with van der Waals surface area (Å²) in [7, 11) is 2.98. The van der Waals surface area contributed by atoms with Gasteiger partial charge in [-0.3, -0.25) is 4.79 Å². The third-order valence-electron chi connectivity index (χ3n) is 6.67. The molecule has 0 fully saturated rings. The summed E-state index contributed by atoms with van der Waals surface area (Å²) in [6.45, 7) is 0.510. The predicted molar refractivity (Wildman–Crippen MR) is 153 cm³/mol. The summed E-state index contributed by atoms with van der Waals surface area (Å²) in [5.41, 5.74) is 10.1. The molecule has 4 rings (SSSR count). The van der Waals surface area contributed by atoms with Crippen LogP contribution in [-0.2, 0) is 25.4 Å². The minimum atomic E-state index is -1.47. The topological polar surface area (TPSA) is 147 Å². The fourth-order valence-electron chi connectivity index (χ4n) is 4.61. The van der Waals surface area contributed by atoms with Crippen molar-refractivity contribution in [1.82, 2.24) is 5.32 Å². The van der Waals surface area contributed by atoms with Crippen LogP contribution in [0.2, 0.25) is 0 Å². The molecule has 3 aromatic rings. The van der Waals surface area contributed by atoms with Crippen LogP contribution in [0.5, 0.6) is 5.75 Å². The Labute approximate surface area is 238 Å². The number of methoxy groups -OCH3 is 2. The van der Waals surface area contributed by atoms with Gasteiger partial charge in [0.15, 0.2) is 17.9 Å². The molecule has 1 amide bonds. The number of nitrogens with zero attached hydrogens (tertiary/aromatic N) is 4. The predicted octanol–water partition coefficient (Wildman–Crippen LogP) is 4.62. The summed E-state index contributed by atoms with van der Waals surface area (Å²) in [6, 6.07) is 23.7. The average molecular weight is 560 g/mol. The van der Waals surface area contributed by atoms with E-state index in [0.29, 0.717) is 35.6 Å². The van der Waals surface area contributed by atoms with E-state index in [9.17, 15) is 10.3 Å². The van der Waals surface area contributed by atoms with E-state index in [0.717, 1.165) is 5.56 Å². The molecular formula is C30H33N5O6. The Morgan fingerprint density at radius 3 is 2.49 bits per heavy atom. The summed E-state index contributed by atoms with van der Waals surface area (Å²) >= 11 is 0. The van der Waals surface area contributed by atoms with Gasteiger partial charge in [0.05, 0.1) is 13.2 Å². The van der Waals surface area contributed by atoms with Crippen molar-refractivity contribution in [1.29, 1.82) is 0 Å². The fraction of sp³-hybridized carbons (Fsp3) is 0.333. The first kappa shape index (κ1) is 29.6. The maximum atomic E-state index is 14.2. The van der Waals surface area contributed by atoms with Crippen molar-refractivity contribution in [2.45, 2.75) is 30.8 Å². The van der Waals surface area contributed by atoms with E-state index >= 15 is 0 Å². The zero-order valence-corrected chi connectivity index (χ0v) is 23.0. The molecule has 2 atom stereocenters. The summed E-state index contributed by atoms with van der Waals surface area (Å²) in [5.74, 6) is 0.485. The molecule has 0 aliphatic carbocycles. The molecule has 3 aromatic carbocycles. The number of hydrogen-bond donors (Lipinski definition) is 2. The number of nitrogens with one attached hydrogen (secondary N) is 1. The quantitative estimate of drug-likeness (QED) is 0.0968. The standard InChI is InChI=1S/C30H33N5O6/c1-38-26(39-2)20-32-29(37)30(19-21-9-4-3-5-10-21)27(24-11-6-7-12-25(24)34-35-31)41-28(33-30)22-13-15-23(16-14-22)40-18-8-17-36/h3-7,9-16,26-27,36H,8,17-20H2,1-2H3,(H,32,37)/t27-,30-/m1/s1. The Kier molecular flexibility index (Phi) is 10.3. The van der Waals surface area contributed by atoms with Crippen molar-refractivity contribution in [3.8, 4) is 5.75 Å². The van der Waals surface area contributed by atoms with E-state index < -0.39 is 23.8 Å². The Morgan fingerprint density at radius 1 is 1.10 bits per heavy atom. The number of azide groups is 1. The third-order valence-corrected chi connectivity index (χ3v) is 6.67. The lowest BCUT2D eigenvalue weighted by atomic mass is 9.81. The zero-order valence-electron chi connectivity index (χ0n) is 23.0. The Bertz CT molecular complexity index is 1370. The highest BCUT2D eigenvalue weighted by atomic mass is 16.7. The molecule has 2 N–H and O–H groups in total. The average Bonchev–Trinajstić information content (AvgIpc) is 3.39. The zero-order chi connectivity index (χ0) is 29.1. The smallest absolute Gasteiger partial charge is 0.252 e. The molecule has 1 aliphatic rings. The number of amides is 1. The summed E-state index contributed by atoms with van der Waals surface area (Å²) in [6.07, 6.45) is -0.867. The Balaban J connectivity index is 1.81.